The molecule has 0 saturated heterocycles. The Morgan fingerprint density at radius 1 is 1.18 bits per heavy atom. The molecule has 4 heterocycles. The number of hydrogen-bond acceptors (Lipinski definition) is 9. The van der Waals surface area contributed by atoms with E-state index in [0.717, 1.165) is 0 Å². The number of carbonyl (C=O) groups excluding carboxylic acids is 2. The van der Waals surface area contributed by atoms with Gasteiger partial charge in [0, 0.05) is 30.3 Å². The van der Waals surface area contributed by atoms with Crippen molar-refractivity contribution in [3.8, 4) is 11.9 Å². The fourth-order valence-electron chi connectivity index (χ4n) is 3.53. The van der Waals surface area contributed by atoms with Crippen LogP contribution in [0.4, 0.5) is 15.8 Å². The Bertz CT molecular complexity index is 1530. The highest BCUT2D eigenvalue weighted by Gasteiger charge is 2.27. The van der Waals surface area contributed by atoms with E-state index in [2.05, 4.69) is 30.8 Å². The van der Waals surface area contributed by atoms with Crippen molar-refractivity contribution >= 4 is 34.2 Å². The van der Waals surface area contributed by atoms with E-state index in [4.69, 9.17) is 5.26 Å². The maximum atomic E-state index is 14.2. The van der Waals surface area contributed by atoms with E-state index >= 15 is 0 Å². The number of aromatic nitrogens is 6. The summed E-state index contributed by atoms with van der Waals surface area (Å²) in [6.45, 7) is 4.10. The molecule has 0 bridgehead atoms. The molecule has 0 aromatic carbocycles. The molecule has 4 aromatic rings. The minimum Gasteiger partial charge on any atom is -0.387 e. The number of nitriles is 1. The van der Waals surface area contributed by atoms with E-state index in [0.29, 0.717) is 40.9 Å². The van der Waals surface area contributed by atoms with Gasteiger partial charge in [-0.2, -0.15) is 20.1 Å². The van der Waals surface area contributed by atoms with Crippen LogP contribution in [-0.2, 0) is 0 Å². The highest BCUT2D eigenvalue weighted by molar-refractivity contribution is 6.00. The molecule has 3 N–H and O–H groups in total. The molecular formula is C25H26FN9O3. The number of anilines is 2. The zero-order valence-corrected chi connectivity index (χ0v) is 21.0. The molecule has 0 aliphatic heterocycles. The lowest BCUT2D eigenvalue weighted by Gasteiger charge is -2.22. The molecule has 4 aromatic heterocycles. The Balaban J connectivity index is 1.70. The van der Waals surface area contributed by atoms with Crippen molar-refractivity contribution in [3.63, 3.8) is 0 Å². The molecular weight excluding hydrogens is 493 g/mol. The van der Waals surface area contributed by atoms with Gasteiger partial charge in [-0.05, 0) is 26.3 Å². The molecule has 0 saturated carbocycles. The predicted molar refractivity (Wildman–Crippen MR) is 136 cm³/mol. The molecule has 0 aliphatic carbocycles. The Morgan fingerprint density at radius 2 is 1.97 bits per heavy atom. The van der Waals surface area contributed by atoms with Crippen LogP contribution >= 0.6 is 0 Å². The molecule has 0 fully saturated rings. The van der Waals surface area contributed by atoms with Crippen LogP contribution in [0.25, 0.3) is 16.9 Å². The van der Waals surface area contributed by atoms with Gasteiger partial charge in [0.2, 0.25) is 5.91 Å². The first-order valence-electron chi connectivity index (χ1n) is 11.8. The monoisotopic (exact) mass is 519 g/mol. The molecule has 4 rings (SSSR count). The van der Waals surface area contributed by atoms with Crippen molar-refractivity contribution in [2.45, 2.75) is 45.4 Å². The number of nitrogens with one attached hydrogen (secondary N) is 2. The summed E-state index contributed by atoms with van der Waals surface area (Å²) in [5.41, 5.74) is -0.00117. The van der Waals surface area contributed by atoms with E-state index < -0.39 is 24.2 Å². The van der Waals surface area contributed by atoms with Crippen LogP contribution in [0, 0.1) is 11.3 Å². The second kappa shape index (κ2) is 10.7. The predicted octanol–water partition coefficient (Wildman–Crippen LogP) is 2.91. The van der Waals surface area contributed by atoms with Crippen molar-refractivity contribution < 1.29 is 19.1 Å². The van der Waals surface area contributed by atoms with E-state index in [9.17, 15) is 19.1 Å². The van der Waals surface area contributed by atoms with E-state index in [1.165, 1.54) is 48.0 Å². The number of aliphatic hydroxyl groups is 1. The number of halogens is 1. The molecule has 1 amide bonds. The van der Waals surface area contributed by atoms with Crippen LogP contribution in [0.2, 0.25) is 0 Å². The first-order valence-corrected chi connectivity index (χ1v) is 11.8. The Morgan fingerprint density at radius 3 is 2.68 bits per heavy atom. The normalized spacial score (nSPS) is 12.2. The van der Waals surface area contributed by atoms with Gasteiger partial charge in [0.25, 0.3) is 5.91 Å². The number of amides is 1. The Labute approximate surface area is 217 Å². The van der Waals surface area contributed by atoms with Gasteiger partial charge in [-0.1, -0.05) is 6.92 Å². The minimum absolute atomic E-state index is 0.0838. The van der Waals surface area contributed by atoms with Gasteiger partial charge in [0.05, 0.1) is 53.2 Å². The van der Waals surface area contributed by atoms with Crippen molar-refractivity contribution in [2.24, 2.45) is 0 Å². The number of pyridine rings is 2. The second-order valence-electron chi connectivity index (χ2n) is 9.17. The average Bonchev–Trinajstić information content (AvgIpc) is 3.53. The van der Waals surface area contributed by atoms with Crippen LogP contribution in [0.5, 0.6) is 0 Å². The number of carbonyl (C=O) groups is 2. The zero-order valence-electron chi connectivity index (χ0n) is 21.0. The first kappa shape index (κ1) is 26.4. The van der Waals surface area contributed by atoms with Crippen LogP contribution in [0.1, 0.15) is 54.3 Å². The van der Waals surface area contributed by atoms with Crippen LogP contribution < -0.4 is 10.6 Å². The molecule has 0 spiro atoms. The summed E-state index contributed by atoms with van der Waals surface area (Å²) in [5.74, 6) is -0.499. The maximum Gasteiger partial charge on any atom is 0.255 e. The highest BCUT2D eigenvalue weighted by atomic mass is 19.1. The maximum absolute atomic E-state index is 14.2. The summed E-state index contributed by atoms with van der Waals surface area (Å²) in [4.78, 5) is 33.8. The summed E-state index contributed by atoms with van der Waals surface area (Å²) in [6.07, 6.45) is 6.49. The fraction of sp³-hybridized carbons (Fsp3) is 0.320. The van der Waals surface area contributed by atoms with Crippen LogP contribution in [0.15, 0.2) is 43.1 Å². The SMILES string of the molecule is CCCC(=O)n1cc(Nc2cc(-n3ncc4cc(C#N)cnc43)ncc2C(=O)NC[C@@H](F)C(C)(C)O)cn1. The molecule has 1 atom stereocenters. The summed E-state index contributed by atoms with van der Waals surface area (Å²) in [5, 5.41) is 33.5. The van der Waals surface area contributed by atoms with Gasteiger partial charge in [-0.3, -0.25) is 9.59 Å². The van der Waals surface area contributed by atoms with E-state index in [1.54, 1.807) is 18.3 Å². The lowest BCUT2D eigenvalue weighted by molar-refractivity contribution is -0.00178. The van der Waals surface area contributed by atoms with Crippen molar-refractivity contribution in [1.29, 1.82) is 5.26 Å². The Kier molecular flexibility index (Phi) is 7.45. The van der Waals surface area contributed by atoms with Gasteiger partial charge in [0.1, 0.15) is 12.2 Å². The second-order valence-corrected chi connectivity index (χ2v) is 9.17. The number of hydrogen-bond donors (Lipinski definition) is 3. The minimum atomic E-state index is -1.70. The van der Waals surface area contributed by atoms with Crippen molar-refractivity contribution in [3.05, 3.63) is 54.2 Å². The lowest BCUT2D eigenvalue weighted by Crippen LogP contribution is -2.42. The third kappa shape index (κ3) is 5.65. The van der Waals surface area contributed by atoms with Crippen LogP contribution in [0.3, 0.4) is 0 Å². The largest absolute Gasteiger partial charge is 0.387 e. The first-order chi connectivity index (χ1) is 18.1. The summed E-state index contributed by atoms with van der Waals surface area (Å²) >= 11 is 0. The van der Waals surface area contributed by atoms with E-state index in [1.807, 2.05) is 13.0 Å². The van der Waals surface area contributed by atoms with Gasteiger partial charge < -0.3 is 15.7 Å². The highest BCUT2D eigenvalue weighted by Crippen LogP contribution is 2.25. The summed E-state index contributed by atoms with van der Waals surface area (Å²) in [7, 11) is 0. The summed E-state index contributed by atoms with van der Waals surface area (Å²) < 4.78 is 16.9. The smallest absolute Gasteiger partial charge is 0.255 e. The van der Waals surface area contributed by atoms with E-state index in [-0.39, 0.29) is 17.2 Å². The molecule has 38 heavy (non-hydrogen) atoms. The van der Waals surface area contributed by atoms with Crippen molar-refractivity contribution in [2.75, 3.05) is 11.9 Å². The lowest BCUT2D eigenvalue weighted by atomic mass is 10.0. The number of rotatable bonds is 9. The van der Waals surface area contributed by atoms with Crippen molar-refractivity contribution in [1.82, 2.24) is 34.8 Å². The topological polar surface area (TPSA) is 164 Å². The fourth-order valence-corrected chi connectivity index (χ4v) is 3.53. The van der Waals surface area contributed by atoms with Gasteiger partial charge in [-0.25, -0.2) is 19.0 Å². The molecule has 196 valence electrons. The molecule has 0 unspecified atom stereocenters. The number of nitrogens with zero attached hydrogens (tertiary/aromatic N) is 7. The summed E-state index contributed by atoms with van der Waals surface area (Å²) in [6, 6.07) is 5.22. The number of fused-ring (bicyclic) bond motifs is 1. The molecule has 12 nitrogen and oxygen atoms in total. The Hall–Kier alpha value is -4.70. The molecule has 13 heteroatoms. The molecule has 0 aliphatic rings. The van der Waals surface area contributed by atoms with Gasteiger partial charge >= 0.3 is 0 Å². The van der Waals surface area contributed by atoms with Gasteiger partial charge in [0.15, 0.2) is 11.5 Å². The third-order valence-electron chi connectivity index (χ3n) is 5.68. The van der Waals surface area contributed by atoms with Gasteiger partial charge in [-0.15, -0.1) is 0 Å². The number of alkyl halides is 1. The van der Waals surface area contributed by atoms with Crippen LogP contribution in [-0.4, -0.2) is 64.8 Å². The molecule has 0 radical (unpaired) electrons. The standard InChI is InChI=1S/C25H26FN9O3/c1-4-5-22(36)34-14-17(11-31-34)33-19-7-21(35-23-16(10-32-35)6-15(8-27)9-29-23)28-12-18(19)24(37)30-13-20(26)25(2,3)38/h6-7,9-12,14,20,38H,4-5,13H2,1-3H3,(H,28,33)(H,30,37)/t20-/m1/s1. The average molecular weight is 520 g/mol. The zero-order chi connectivity index (χ0) is 27.4. The third-order valence-corrected chi connectivity index (χ3v) is 5.68. The quantitative estimate of drug-likeness (QED) is 0.302.